The number of carbonyl (C=O) groups is 1. The van der Waals surface area contributed by atoms with Crippen LogP contribution in [0.4, 0.5) is 0 Å². The van der Waals surface area contributed by atoms with Gasteiger partial charge in [-0.05, 0) is 42.8 Å². The number of carboxylic acid groups (broad SMARTS) is 1. The molecule has 122 valence electrons. The van der Waals surface area contributed by atoms with Gasteiger partial charge in [0.15, 0.2) is 11.5 Å². The molecule has 1 aromatic heterocycles. The van der Waals surface area contributed by atoms with Crippen LogP contribution in [0, 0.1) is 0 Å². The number of fused-ring (bicyclic) bond motifs is 1. The first-order valence-corrected chi connectivity index (χ1v) is 8.09. The molecule has 24 heavy (non-hydrogen) atoms. The van der Waals surface area contributed by atoms with Gasteiger partial charge in [0.1, 0.15) is 5.52 Å². The van der Waals surface area contributed by atoms with E-state index >= 15 is 0 Å². The summed E-state index contributed by atoms with van der Waals surface area (Å²) >= 11 is 0. The molecule has 2 heterocycles. The van der Waals surface area contributed by atoms with Gasteiger partial charge < -0.3 is 9.52 Å². The molecule has 3 aromatic rings. The van der Waals surface area contributed by atoms with Crippen molar-refractivity contribution >= 4 is 17.1 Å². The number of para-hydroxylation sites is 2. The maximum absolute atomic E-state index is 10.9. The minimum absolute atomic E-state index is 0.315. The van der Waals surface area contributed by atoms with E-state index in [4.69, 9.17) is 9.52 Å². The van der Waals surface area contributed by atoms with E-state index in [0.29, 0.717) is 11.5 Å². The molecule has 1 saturated heterocycles. The third-order valence-electron chi connectivity index (χ3n) is 4.54. The predicted octanol–water partition coefficient (Wildman–Crippen LogP) is 3.52. The van der Waals surface area contributed by atoms with Gasteiger partial charge in [0.05, 0.1) is 5.56 Å². The van der Waals surface area contributed by atoms with Crippen molar-refractivity contribution in [1.29, 1.82) is 0 Å². The Morgan fingerprint density at radius 1 is 1.21 bits per heavy atom. The van der Waals surface area contributed by atoms with E-state index in [0.717, 1.165) is 48.6 Å². The summed E-state index contributed by atoms with van der Waals surface area (Å²) in [6.45, 7) is 2.72. The molecule has 4 rings (SSSR count). The average Bonchev–Trinajstić information content (AvgIpc) is 3.21. The highest BCUT2D eigenvalue weighted by Gasteiger charge is 2.27. The SMILES string of the molecule is O=C(O)c1ccc(CN2CC[C@H](c3nc4ccccc4o3)C2)cc1. The number of benzene rings is 2. The van der Waals surface area contributed by atoms with Crippen LogP contribution in [0.1, 0.15) is 34.2 Å². The van der Waals surface area contributed by atoms with E-state index in [1.54, 1.807) is 12.1 Å². The monoisotopic (exact) mass is 322 g/mol. The first-order valence-electron chi connectivity index (χ1n) is 8.09. The van der Waals surface area contributed by atoms with Crippen molar-refractivity contribution in [2.75, 3.05) is 13.1 Å². The van der Waals surface area contributed by atoms with Crippen LogP contribution in [0.25, 0.3) is 11.1 Å². The second kappa shape index (κ2) is 6.09. The average molecular weight is 322 g/mol. The Balaban J connectivity index is 1.43. The molecule has 1 aliphatic heterocycles. The Morgan fingerprint density at radius 2 is 2.00 bits per heavy atom. The molecular formula is C19H18N2O3. The molecule has 0 radical (unpaired) electrons. The summed E-state index contributed by atoms with van der Waals surface area (Å²) in [5, 5.41) is 8.95. The zero-order chi connectivity index (χ0) is 16.5. The molecule has 5 heteroatoms. The van der Waals surface area contributed by atoms with Gasteiger partial charge in [0.25, 0.3) is 0 Å². The number of oxazole rings is 1. The predicted molar refractivity (Wildman–Crippen MR) is 90.0 cm³/mol. The number of rotatable bonds is 4. The second-order valence-electron chi connectivity index (χ2n) is 6.24. The first-order chi connectivity index (χ1) is 11.7. The molecule has 1 atom stereocenters. The van der Waals surface area contributed by atoms with Crippen molar-refractivity contribution in [1.82, 2.24) is 9.88 Å². The molecule has 0 amide bonds. The number of hydrogen-bond donors (Lipinski definition) is 1. The quantitative estimate of drug-likeness (QED) is 0.796. The Kier molecular flexibility index (Phi) is 3.78. The van der Waals surface area contributed by atoms with Crippen LogP contribution >= 0.6 is 0 Å². The molecule has 5 nitrogen and oxygen atoms in total. The zero-order valence-electron chi connectivity index (χ0n) is 13.2. The van der Waals surface area contributed by atoms with Gasteiger partial charge in [0, 0.05) is 19.0 Å². The van der Waals surface area contributed by atoms with Gasteiger partial charge in [-0.25, -0.2) is 9.78 Å². The Bertz CT molecular complexity index is 837. The van der Waals surface area contributed by atoms with E-state index in [-0.39, 0.29) is 0 Å². The zero-order valence-corrected chi connectivity index (χ0v) is 13.2. The molecule has 2 aromatic carbocycles. The normalized spacial score (nSPS) is 18.2. The molecule has 1 fully saturated rings. The molecule has 0 aliphatic carbocycles. The van der Waals surface area contributed by atoms with Crippen LogP contribution in [0.5, 0.6) is 0 Å². The summed E-state index contributed by atoms with van der Waals surface area (Å²) in [6, 6.07) is 14.9. The largest absolute Gasteiger partial charge is 0.478 e. The minimum atomic E-state index is -0.890. The third kappa shape index (κ3) is 2.90. The van der Waals surface area contributed by atoms with Crippen molar-refractivity contribution in [2.45, 2.75) is 18.9 Å². The molecular weight excluding hydrogens is 304 g/mol. The number of likely N-dealkylation sites (tertiary alicyclic amines) is 1. The smallest absolute Gasteiger partial charge is 0.335 e. The highest BCUT2D eigenvalue weighted by Crippen LogP contribution is 2.29. The van der Waals surface area contributed by atoms with Gasteiger partial charge in [-0.1, -0.05) is 24.3 Å². The minimum Gasteiger partial charge on any atom is -0.478 e. The summed E-state index contributed by atoms with van der Waals surface area (Å²) in [4.78, 5) is 17.9. The molecule has 0 bridgehead atoms. The Hall–Kier alpha value is -2.66. The number of aromatic nitrogens is 1. The highest BCUT2D eigenvalue weighted by atomic mass is 16.4. The van der Waals surface area contributed by atoms with E-state index < -0.39 is 5.97 Å². The van der Waals surface area contributed by atoms with Crippen LogP contribution in [-0.4, -0.2) is 34.0 Å². The summed E-state index contributed by atoms with van der Waals surface area (Å²) in [6.07, 6.45) is 1.03. The molecule has 0 unspecified atom stereocenters. The lowest BCUT2D eigenvalue weighted by molar-refractivity contribution is 0.0697. The fraction of sp³-hybridized carbons (Fsp3) is 0.263. The fourth-order valence-electron chi connectivity index (χ4n) is 3.25. The Labute approximate surface area is 139 Å². The maximum atomic E-state index is 10.9. The van der Waals surface area contributed by atoms with Crippen molar-refractivity contribution in [3.8, 4) is 0 Å². The number of hydrogen-bond acceptors (Lipinski definition) is 4. The van der Waals surface area contributed by atoms with Crippen LogP contribution in [0.3, 0.4) is 0 Å². The summed E-state index contributed by atoms with van der Waals surface area (Å²) in [7, 11) is 0. The van der Waals surface area contributed by atoms with Crippen LogP contribution < -0.4 is 0 Å². The maximum Gasteiger partial charge on any atom is 0.335 e. The van der Waals surface area contributed by atoms with Gasteiger partial charge >= 0.3 is 5.97 Å². The number of aromatic carboxylic acids is 1. The van der Waals surface area contributed by atoms with Crippen LogP contribution in [0.2, 0.25) is 0 Å². The summed E-state index contributed by atoms with van der Waals surface area (Å²) < 4.78 is 5.89. The van der Waals surface area contributed by atoms with Crippen molar-refractivity contribution in [3.05, 3.63) is 65.5 Å². The van der Waals surface area contributed by atoms with Crippen LogP contribution in [0.15, 0.2) is 52.9 Å². The van der Waals surface area contributed by atoms with E-state index in [1.165, 1.54) is 0 Å². The Morgan fingerprint density at radius 3 is 2.75 bits per heavy atom. The van der Waals surface area contributed by atoms with Crippen molar-refractivity contribution in [2.24, 2.45) is 0 Å². The van der Waals surface area contributed by atoms with Crippen molar-refractivity contribution < 1.29 is 14.3 Å². The molecule has 1 aliphatic rings. The lowest BCUT2D eigenvalue weighted by Gasteiger charge is -2.15. The topological polar surface area (TPSA) is 66.6 Å². The van der Waals surface area contributed by atoms with Gasteiger partial charge in [0.2, 0.25) is 0 Å². The lowest BCUT2D eigenvalue weighted by Crippen LogP contribution is -2.19. The van der Waals surface area contributed by atoms with Gasteiger partial charge in [-0.15, -0.1) is 0 Å². The highest BCUT2D eigenvalue weighted by molar-refractivity contribution is 5.87. The van der Waals surface area contributed by atoms with E-state index in [1.807, 2.05) is 36.4 Å². The fourth-order valence-corrected chi connectivity index (χ4v) is 3.25. The van der Waals surface area contributed by atoms with Gasteiger partial charge in [-0.3, -0.25) is 4.90 Å². The standard InChI is InChI=1S/C19H18N2O3/c22-19(23)14-7-5-13(6-8-14)11-21-10-9-15(12-21)18-20-16-3-1-2-4-17(16)24-18/h1-8,15H,9-12H2,(H,22,23)/t15-/m0/s1. The van der Waals surface area contributed by atoms with E-state index in [9.17, 15) is 4.79 Å². The van der Waals surface area contributed by atoms with E-state index in [2.05, 4.69) is 9.88 Å². The molecule has 0 spiro atoms. The van der Waals surface area contributed by atoms with Crippen LogP contribution in [-0.2, 0) is 6.54 Å². The summed E-state index contributed by atoms with van der Waals surface area (Å²) in [5.41, 5.74) is 3.20. The molecule has 1 N–H and O–H groups in total. The molecule has 0 saturated carbocycles. The third-order valence-corrected chi connectivity index (χ3v) is 4.54. The second-order valence-corrected chi connectivity index (χ2v) is 6.24. The number of carboxylic acids is 1. The number of nitrogens with zero attached hydrogens (tertiary/aromatic N) is 2. The lowest BCUT2D eigenvalue weighted by atomic mass is 10.1. The van der Waals surface area contributed by atoms with Gasteiger partial charge in [-0.2, -0.15) is 0 Å². The first kappa shape index (κ1) is 14.9. The summed E-state index contributed by atoms with van der Waals surface area (Å²) in [5.74, 6) is 0.245. The van der Waals surface area contributed by atoms with Crippen molar-refractivity contribution in [3.63, 3.8) is 0 Å².